The Kier molecular flexibility index (Phi) is 2.98. The summed E-state index contributed by atoms with van der Waals surface area (Å²) in [5.41, 5.74) is 2.07. The number of fused-ring (bicyclic) bond motifs is 1. The number of rotatable bonds is 1. The molecule has 1 saturated heterocycles. The smallest absolute Gasteiger partial charge is 0.256 e. The van der Waals surface area contributed by atoms with Gasteiger partial charge in [0.15, 0.2) is 0 Å². The quantitative estimate of drug-likeness (QED) is 0.855. The van der Waals surface area contributed by atoms with E-state index in [0.717, 1.165) is 11.1 Å². The van der Waals surface area contributed by atoms with Gasteiger partial charge in [0.2, 0.25) is 0 Å². The highest BCUT2D eigenvalue weighted by atomic mass is 19.1. The van der Waals surface area contributed by atoms with Gasteiger partial charge in [-0.15, -0.1) is 0 Å². The highest BCUT2D eigenvalue weighted by Gasteiger charge is 2.23. The summed E-state index contributed by atoms with van der Waals surface area (Å²) in [6, 6.07) is 4.45. The van der Waals surface area contributed by atoms with E-state index >= 15 is 0 Å². The number of hydrogen-bond acceptors (Lipinski definition) is 2. The van der Waals surface area contributed by atoms with E-state index in [1.165, 1.54) is 12.1 Å². The molecule has 5 heteroatoms. The summed E-state index contributed by atoms with van der Waals surface area (Å²) in [5, 5.41) is 0.774. The van der Waals surface area contributed by atoms with Crippen LogP contribution < -0.4 is 0 Å². The molecule has 0 saturated carbocycles. The fourth-order valence-electron chi connectivity index (χ4n) is 2.50. The van der Waals surface area contributed by atoms with Gasteiger partial charge in [-0.3, -0.25) is 4.79 Å². The van der Waals surface area contributed by atoms with Gasteiger partial charge in [-0.05, 0) is 25.1 Å². The van der Waals surface area contributed by atoms with Gasteiger partial charge in [-0.25, -0.2) is 4.39 Å². The predicted octanol–water partition coefficient (Wildman–Crippen LogP) is 2.09. The van der Waals surface area contributed by atoms with Crippen LogP contribution in [0.1, 0.15) is 16.1 Å². The molecule has 2 aromatic rings. The van der Waals surface area contributed by atoms with E-state index in [1.54, 1.807) is 11.0 Å². The Bertz CT molecular complexity index is 630. The highest BCUT2D eigenvalue weighted by molar-refractivity contribution is 6.08. The number of ether oxygens (including phenoxy) is 1. The van der Waals surface area contributed by atoms with Crippen LogP contribution in [0.3, 0.4) is 0 Å². The lowest BCUT2D eigenvalue weighted by molar-refractivity contribution is 0.0303. The maximum atomic E-state index is 13.2. The number of amides is 1. The molecule has 1 aliphatic heterocycles. The first kappa shape index (κ1) is 12.2. The third kappa shape index (κ3) is 2.10. The Labute approximate surface area is 110 Å². The van der Waals surface area contributed by atoms with Gasteiger partial charge in [0.1, 0.15) is 5.82 Å². The number of aromatic amines is 1. The van der Waals surface area contributed by atoms with Gasteiger partial charge >= 0.3 is 0 Å². The van der Waals surface area contributed by atoms with Gasteiger partial charge < -0.3 is 14.6 Å². The van der Waals surface area contributed by atoms with Gasteiger partial charge in [0.25, 0.3) is 5.91 Å². The number of nitrogens with one attached hydrogen (secondary N) is 1. The molecule has 0 spiro atoms. The molecule has 1 aromatic carbocycles. The number of morpholine rings is 1. The van der Waals surface area contributed by atoms with Crippen LogP contribution in [0.5, 0.6) is 0 Å². The SMILES string of the molecule is Cc1[nH]c2cc(F)ccc2c1C(=O)N1CCOCC1. The minimum absolute atomic E-state index is 0.0151. The number of aryl methyl sites for hydroxylation is 1. The summed E-state index contributed by atoms with van der Waals surface area (Å²) in [5.74, 6) is -0.322. The van der Waals surface area contributed by atoms with Gasteiger partial charge in [0, 0.05) is 29.7 Å². The van der Waals surface area contributed by atoms with E-state index in [4.69, 9.17) is 4.74 Å². The lowest BCUT2D eigenvalue weighted by Crippen LogP contribution is -2.40. The van der Waals surface area contributed by atoms with Crippen LogP contribution in [-0.2, 0) is 4.74 Å². The number of carbonyl (C=O) groups is 1. The van der Waals surface area contributed by atoms with Crippen molar-refractivity contribution >= 4 is 16.8 Å². The van der Waals surface area contributed by atoms with Crippen LogP contribution in [-0.4, -0.2) is 42.1 Å². The molecule has 1 fully saturated rings. The number of hydrogen-bond donors (Lipinski definition) is 1. The molecule has 1 aromatic heterocycles. The molecule has 0 atom stereocenters. The molecular formula is C14H15FN2O2. The topological polar surface area (TPSA) is 45.3 Å². The first-order valence-corrected chi connectivity index (χ1v) is 6.31. The Morgan fingerprint density at radius 1 is 1.37 bits per heavy atom. The Hall–Kier alpha value is -1.88. The number of benzene rings is 1. The summed E-state index contributed by atoms with van der Waals surface area (Å²) < 4.78 is 18.5. The van der Waals surface area contributed by atoms with Crippen molar-refractivity contribution < 1.29 is 13.9 Å². The Morgan fingerprint density at radius 3 is 2.84 bits per heavy atom. The number of carbonyl (C=O) groups excluding carboxylic acids is 1. The molecule has 2 heterocycles. The second kappa shape index (κ2) is 4.66. The van der Waals surface area contributed by atoms with Crippen molar-refractivity contribution in [1.29, 1.82) is 0 Å². The van der Waals surface area contributed by atoms with E-state index in [-0.39, 0.29) is 11.7 Å². The summed E-state index contributed by atoms with van der Waals surface area (Å²) in [7, 11) is 0. The van der Waals surface area contributed by atoms with Crippen LogP contribution in [0.4, 0.5) is 4.39 Å². The molecular weight excluding hydrogens is 247 g/mol. The van der Waals surface area contributed by atoms with Crippen molar-refractivity contribution in [1.82, 2.24) is 9.88 Å². The summed E-state index contributed by atoms with van der Waals surface area (Å²) in [4.78, 5) is 17.4. The van der Waals surface area contributed by atoms with Crippen LogP contribution >= 0.6 is 0 Å². The van der Waals surface area contributed by atoms with E-state index in [2.05, 4.69) is 4.98 Å². The van der Waals surface area contributed by atoms with Crippen molar-refractivity contribution in [2.24, 2.45) is 0 Å². The Balaban J connectivity index is 2.03. The molecule has 0 aliphatic carbocycles. The van der Waals surface area contributed by atoms with Crippen LogP contribution in [0.25, 0.3) is 10.9 Å². The minimum Gasteiger partial charge on any atom is -0.378 e. The fraction of sp³-hybridized carbons (Fsp3) is 0.357. The minimum atomic E-state index is -0.306. The fourth-order valence-corrected chi connectivity index (χ4v) is 2.50. The second-order valence-corrected chi connectivity index (χ2v) is 4.72. The summed E-state index contributed by atoms with van der Waals surface area (Å²) in [6.45, 7) is 4.19. The van der Waals surface area contributed by atoms with Crippen LogP contribution in [0, 0.1) is 12.7 Å². The number of nitrogens with zero attached hydrogens (tertiary/aromatic N) is 1. The molecule has 19 heavy (non-hydrogen) atoms. The normalized spacial score (nSPS) is 16.0. The second-order valence-electron chi connectivity index (χ2n) is 4.72. The van der Waals surface area contributed by atoms with Crippen molar-refractivity contribution in [3.63, 3.8) is 0 Å². The Morgan fingerprint density at radius 2 is 2.11 bits per heavy atom. The van der Waals surface area contributed by atoms with E-state index in [9.17, 15) is 9.18 Å². The zero-order valence-electron chi connectivity index (χ0n) is 10.7. The third-order valence-electron chi connectivity index (χ3n) is 3.46. The van der Waals surface area contributed by atoms with Gasteiger partial charge in [-0.1, -0.05) is 0 Å². The van der Waals surface area contributed by atoms with Crippen LogP contribution in [0.15, 0.2) is 18.2 Å². The lowest BCUT2D eigenvalue weighted by Gasteiger charge is -2.27. The molecule has 100 valence electrons. The average molecular weight is 262 g/mol. The zero-order chi connectivity index (χ0) is 13.4. The average Bonchev–Trinajstić information content (AvgIpc) is 2.74. The summed E-state index contributed by atoms with van der Waals surface area (Å²) >= 11 is 0. The molecule has 0 bridgehead atoms. The van der Waals surface area contributed by atoms with Gasteiger partial charge in [0.05, 0.1) is 18.8 Å². The largest absolute Gasteiger partial charge is 0.378 e. The highest BCUT2D eigenvalue weighted by Crippen LogP contribution is 2.24. The lowest BCUT2D eigenvalue weighted by atomic mass is 10.1. The van der Waals surface area contributed by atoms with Crippen molar-refractivity contribution in [2.75, 3.05) is 26.3 Å². The molecule has 1 aliphatic rings. The van der Waals surface area contributed by atoms with E-state index in [1.807, 2.05) is 6.92 Å². The van der Waals surface area contributed by atoms with E-state index in [0.29, 0.717) is 37.4 Å². The van der Waals surface area contributed by atoms with Crippen LogP contribution in [0.2, 0.25) is 0 Å². The summed E-state index contributed by atoms with van der Waals surface area (Å²) in [6.07, 6.45) is 0. The van der Waals surface area contributed by atoms with E-state index < -0.39 is 0 Å². The molecule has 1 amide bonds. The zero-order valence-corrected chi connectivity index (χ0v) is 10.7. The predicted molar refractivity (Wildman–Crippen MR) is 69.7 cm³/mol. The molecule has 0 unspecified atom stereocenters. The molecule has 3 rings (SSSR count). The van der Waals surface area contributed by atoms with Crippen molar-refractivity contribution in [3.05, 3.63) is 35.3 Å². The molecule has 1 N–H and O–H groups in total. The third-order valence-corrected chi connectivity index (χ3v) is 3.46. The maximum Gasteiger partial charge on any atom is 0.256 e. The number of aromatic nitrogens is 1. The number of halogens is 1. The monoisotopic (exact) mass is 262 g/mol. The van der Waals surface area contributed by atoms with Crippen molar-refractivity contribution in [3.8, 4) is 0 Å². The van der Waals surface area contributed by atoms with Crippen molar-refractivity contribution in [2.45, 2.75) is 6.92 Å². The first-order chi connectivity index (χ1) is 9.16. The van der Waals surface area contributed by atoms with Gasteiger partial charge in [-0.2, -0.15) is 0 Å². The number of H-pyrrole nitrogens is 1. The molecule has 0 radical (unpaired) electrons. The maximum absolute atomic E-state index is 13.2. The standard InChI is InChI=1S/C14H15FN2O2/c1-9-13(14(18)17-4-6-19-7-5-17)11-3-2-10(15)8-12(11)16-9/h2-3,8,16H,4-7H2,1H3. The first-order valence-electron chi connectivity index (χ1n) is 6.31. The molecule has 4 nitrogen and oxygen atoms in total.